The number of aryl methyl sites for hydroxylation is 3. The third-order valence-electron chi connectivity index (χ3n) is 11.1. The molecule has 2 saturated carbocycles. The van der Waals surface area contributed by atoms with E-state index in [1.54, 1.807) is 37.3 Å². The van der Waals surface area contributed by atoms with Crippen molar-refractivity contribution in [1.82, 2.24) is 0 Å². The number of esters is 2. The van der Waals surface area contributed by atoms with Gasteiger partial charge in [0.15, 0.2) is 0 Å². The number of ketones is 2. The molecule has 12 nitrogen and oxygen atoms in total. The summed E-state index contributed by atoms with van der Waals surface area (Å²) in [5.74, 6) is 0.912. The number of aromatic carboxylic acids is 1. The number of carboxylic acid groups (broad SMARTS) is 1. The average molecular weight is 987 g/mol. The highest BCUT2D eigenvalue weighted by Gasteiger charge is 2.36. The second-order valence-corrected chi connectivity index (χ2v) is 18.9. The van der Waals surface area contributed by atoms with Crippen LogP contribution in [0.3, 0.4) is 0 Å². The number of methoxy groups -OCH3 is 1. The number of aliphatic hydroxyl groups excluding tert-OH is 1. The molecule has 0 bridgehead atoms. The van der Waals surface area contributed by atoms with Crippen molar-refractivity contribution in [3.05, 3.63) is 101 Å². The maximum atomic E-state index is 12.4. The number of rotatable bonds is 19. The second-order valence-electron chi connectivity index (χ2n) is 15.7. The molecule has 0 aliphatic heterocycles. The van der Waals surface area contributed by atoms with Crippen molar-refractivity contribution in [2.75, 3.05) is 26.9 Å². The van der Waals surface area contributed by atoms with Crippen molar-refractivity contribution < 1.29 is 53.1 Å². The van der Waals surface area contributed by atoms with E-state index in [1.165, 1.54) is 48.5 Å². The van der Waals surface area contributed by atoms with Gasteiger partial charge < -0.3 is 29.2 Å². The van der Waals surface area contributed by atoms with Crippen LogP contribution in [-0.2, 0) is 49.7 Å². The van der Waals surface area contributed by atoms with Crippen molar-refractivity contribution in [3.8, 4) is 17.6 Å². The zero-order chi connectivity index (χ0) is 48.6. The first-order valence-corrected chi connectivity index (χ1v) is 24.5. The van der Waals surface area contributed by atoms with Crippen LogP contribution in [0.5, 0.6) is 11.5 Å². The summed E-state index contributed by atoms with van der Waals surface area (Å²) in [7, 11) is 1.40. The maximum Gasteiger partial charge on any atom is 0.348 e. The lowest BCUT2D eigenvalue weighted by Crippen LogP contribution is -2.23. The van der Waals surface area contributed by atoms with E-state index in [9.17, 15) is 29.1 Å². The monoisotopic (exact) mass is 985 g/mol. The molecule has 2 aliphatic rings. The van der Waals surface area contributed by atoms with Gasteiger partial charge in [0.25, 0.3) is 0 Å². The first kappa shape index (κ1) is 55.5. The third kappa shape index (κ3) is 19.2. The normalized spacial score (nSPS) is 17.2. The van der Waals surface area contributed by atoms with E-state index in [-0.39, 0.29) is 42.1 Å². The molecule has 2 unspecified atom stereocenters. The zero-order valence-corrected chi connectivity index (χ0v) is 41.4. The minimum absolute atomic E-state index is 0.0481. The molecule has 2 heterocycles. The Balaban J connectivity index is 0.000000296. The Bertz CT molecular complexity index is 2230. The van der Waals surface area contributed by atoms with Crippen LogP contribution >= 0.6 is 45.9 Å². The van der Waals surface area contributed by atoms with Crippen LogP contribution in [0.25, 0.3) is 0 Å². The van der Waals surface area contributed by atoms with E-state index in [4.69, 9.17) is 47.8 Å². The van der Waals surface area contributed by atoms with Crippen LogP contribution in [0.15, 0.2) is 60.7 Å². The molecule has 2 aliphatic carbocycles. The summed E-state index contributed by atoms with van der Waals surface area (Å²) in [4.78, 5) is 60.3. The van der Waals surface area contributed by atoms with E-state index >= 15 is 0 Å². The number of benzene rings is 2. The van der Waals surface area contributed by atoms with Gasteiger partial charge in [0.05, 0.1) is 51.4 Å². The molecule has 358 valence electrons. The number of hydrogen-bond donors (Lipinski definition) is 2. The number of carbonyl (C=O) groups excluding carboxylic acids is 4. The predicted molar refractivity (Wildman–Crippen MR) is 258 cm³/mol. The smallest absolute Gasteiger partial charge is 0.348 e. The fraction of sp³-hybridized carbons (Fsp3) is 0.480. The molecule has 0 spiro atoms. The van der Waals surface area contributed by atoms with Crippen LogP contribution in [0.1, 0.15) is 119 Å². The molecule has 16 heteroatoms. The highest BCUT2D eigenvalue weighted by molar-refractivity contribution is 7.14. The lowest BCUT2D eigenvalue weighted by atomic mass is 9.91. The molecule has 2 fully saturated rings. The van der Waals surface area contributed by atoms with Gasteiger partial charge in [-0.15, -0.1) is 22.7 Å². The SMILES string of the molecule is CC#N.CCOC(C)=O.CCc1cc(Cl)cc(OC[C@H]2C(=O)CCC2CCCc2ccc(C(=O)OC)s2)c1.O=C(O)c1ccc(CCCC2CCC(=O)[C@@H]2COc2cc(Cl)cc(CO)c2)s1. The Kier molecular flexibility index (Phi) is 25.1. The fourth-order valence-corrected chi connectivity index (χ4v) is 10.2. The van der Waals surface area contributed by atoms with E-state index in [2.05, 4.69) is 11.7 Å². The van der Waals surface area contributed by atoms with E-state index in [0.29, 0.717) is 75.5 Å². The summed E-state index contributed by atoms with van der Waals surface area (Å²) < 4.78 is 21.0. The average Bonchev–Trinajstić information content (AvgIpc) is 4.10. The van der Waals surface area contributed by atoms with Crippen LogP contribution in [0.2, 0.25) is 10.0 Å². The molecular weight excluding hydrogens is 926 g/mol. The molecular formula is C50H61Cl2NO11S2. The number of carbonyl (C=O) groups is 5. The summed E-state index contributed by atoms with van der Waals surface area (Å²) >= 11 is 15.0. The van der Waals surface area contributed by atoms with Crippen molar-refractivity contribution >= 4 is 75.3 Å². The number of aliphatic hydroxyl groups is 1. The molecule has 0 radical (unpaired) electrons. The highest BCUT2D eigenvalue weighted by Crippen LogP contribution is 2.36. The summed E-state index contributed by atoms with van der Waals surface area (Å²) in [5, 5.41) is 26.7. The zero-order valence-electron chi connectivity index (χ0n) is 38.3. The van der Waals surface area contributed by atoms with Crippen LogP contribution in [-0.4, -0.2) is 66.6 Å². The van der Waals surface area contributed by atoms with Gasteiger partial charge >= 0.3 is 17.9 Å². The lowest BCUT2D eigenvalue weighted by Gasteiger charge is -2.19. The van der Waals surface area contributed by atoms with Crippen molar-refractivity contribution in [1.29, 1.82) is 5.26 Å². The minimum Gasteiger partial charge on any atom is -0.493 e. The Morgan fingerprint density at radius 1 is 0.773 bits per heavy atom. The first-order chi connectivity index (χ1) is 31.6. The molecule has 2 aromatic heterocycles. The van der Waals surface area contributed by atoms with Gasteiger partial charge in [-0.2, -0.15) is 5.26 Å². The Labute approximate surface area is 406 Å². The number of halogens is 2. The van der Waals surface area contributed by atoms with Crippen molar-refractivity contribution in [2.24, 2.45) is 23.7 Å². The van der Waals surface area contributed by atoms with Gasteiger partial charge in [-0.25, -0.2) is 9.59 Å². The van der Waals surface area contributed by atoms with Crippen molar-refractivity contribution in [2.45, 2.75) is 105 Å². The molecule has 2 N–H and O–H groups in total. The Morgan fingerprint density at radius 3 is 1.65 bits per heavy atom. The lowest BCUT2D eigenvalue weighted by molar-refractivity contribution is -0.140. The Morgan fingerprint density at radius 2 is 1.24 bits per heavy atom. The number of nitrogens with zero attached hydrogens (tertiary/aromatic N) is 1. The topological polar surface area (TPSA) is 187 Å². The number of thiophene rings is 2. The minimum atomic E-state index is -0.889. The van der Waals surface area contributed by atoms with E-state index in [1.807, 2.05) is 36.4 Å². The largest absolute Gasteiger partial charge is 0.493 e. The Hall–Kier alpha value is -4.78. The van der Waals surface area contributed by atoms with E-state index in [0.717, 1.165) is 74.0 Å². The molecule has 0 amide bonds. The quantitative estimate of drug-likeness (QED) is 0.0848. The van der Waals surface area contributed by atoms with Gasteiger partial charge in [-0.3, -0.25) is 14.4 Å². The third-order valence-corrected chi connectivity index (χ3v) is 13.8. The molecule has 2 aromatic carbocycles. The second kappa shape index (κ2) is 29.8. The molecule has 4 atom stereocenters. The molecule has 6 rings (SSSR count). The number of ether oxygens (including phenoxy) is 4. The van der Waals surface area contributed by atoms with Gasteiger partial charge in [-0.1, -0.05) is 30.1 Å². The summed E-state index contributed by atoms with van der Waals surface area (Å²) in [6.45, 7) is 7.78. The summed E-state index contributed by atoms with van der Waals surface area (Å²) in [5.41, 5.74) is 1.80. The number of Topliss-reactive ketones (excluding diaryl/α,β-unsaturated/α-hetero) is 2. The van der Waals surface area contributed by atoms with Crippen molar-refractivity contribution in [3.63, 3.8) is 0 Å². The van der Waals surface area contributed by atoms with Crippen LogP contribution in [0, 0.1) is 35.0 Å². The predicted octanol–water partition coefficient (Wildman–Crippen LogP) is 11.4. The molecule has 0 saturated heterocycles. The maximum absolute atomic E-state index is 12.4. The van der Waals surface area contributed by atoms with Gasteiger partial charge in [0.2, 0.25) is 0 Å². The molecule has 66 heavy (non-hydrogen) atoms. The number of carboxylic acids is 1. The van der Waals surface area contributed by atoms with Crippen LogP contribution < -0.4 is 9.47 Å². The van der Waals surface area contributed by atoms with Gasteiger partial charge in [0, 0.05) is 46.5 Å². The van der Waals surface area contributed by atoms with Gasteiger partial charge in [-0.05, 0) is 148 Å². The number of nitriles is 1. The summed E-state index contributed by atoms with van der Waals surface area (Å²) in [6.07, 6.45) is 9.46. The highest BCUT2D eigenvalue weighted by atomic mass is 35.5. The first-order valence-electron chi connectivity index (χ1n) is 22.1. The summed E-state index contributed by atoms with van der Waals surface area (Å²) in [6, 6.07) is 19.9. The fourth-order valence-electron chi connectivity index (χ4n) is 7.81. The van der Waals surface area contributed by atoms with Crippen LogP contribution in [0.4, 0.5) is 0 Å². The molecule has 4 aromatic rings. The standard InChI is InChI=1S/C23H27ClO4S.C21H23ClO5S.C4H8O2.C2H3N/c1-3-15-11-17(24)13-18(12-15)28-14-20-16(7-9-21(20)25)5-4-6-19-8-10-22(29-19)23(26)27-2;22-15-8-13(11-23)9-16(10-15)27-12-18-14(4-6-19(18)24)2-1-3-17-5-7-20(28-17)21(25)26;1-3-6-4(2)5;1-2-3/h8,10-13,16,20H,3-7,9,14H2,1-2H3;5,7-10,14,18,23H,1-4,6,11-12H2,(H,25,26);3H2,1-2H3;1H3/t16?,20-;14?,18-;;/m11../s1. The number of hydrogen-bond acceptors (Lipinski definition) is 13. The van der Waals surface area contributed by atoms with Gasteiger partial charge in [0.1, 0.15) is 32.8 Å². The van der Waals surface area contributed by atoms with E-state index < -0.39 is 5.97 Å².